The lowest BCUT2D eigenvalue weighted by Crippen LogP contribution is -2.10. The Morgan fingerprint density at radius 3 is 2.72 bits per heavy atom. The Kier molecular flexibility index (Phi) is 3.97. The van der Waals surface area contributed by atoms with E-state index in [4.69, 9.17) is 4.74 Å². The van der Waals surface area contributed by atoms with Gasteiger partial charge in [-0.25, -0.2) is 0 Å². The summed E-state index contributed by atoms with van der Waals surface area (Å²) in [5.74, 6) is 0.905. The maximum absolute atomic E-state index is 11.9. The highest BCUT2D eigenvalue weighted by molar-refractivity contribution is 5.96. The van der Waals surface area contributed by atoms with Gasteiger partial charge in [-0.3, -0.25) is 9.59 Å². The molecule has 1 aliphatic heterocycles. The highest BCUT2D eigenvalue weighted by Crippen LogP contribution is 2.16. The smallest absolute Gasteiger partial charge is 0.222 e. The zero-order valence-electron chi connectivity index (χ0n) is 10.5. The van der Waals surface area contributed by atoms with Gasteiger partial charge in [0, 0.05) is 31.5 Å². The highest BCUT2D eigenvalue weighted by atomic mass is 16.5. The van der Waals surface area contributed by atoms with Crippen LogP contribution >= 0.6 is 0 Å². The molecule has 1 aromatic carbocycles. The van der Waals surface area contributed by atoms with E-state index in [1.54, 1.807) is 36.3 Å². The molecule has 0 aromatic heterocycles. The molecule has 0 N–H and O–H groups in total. The Hall–Kier alpha value is -1.84. The SMILES string of the molecule is COc1cccc(C(=O)CCCC(=O)N2CC2)c1. The molecule has 0 unspecified atom stereocenters. The summed E-state index contributed by atoms with van der Waals surface area (Å²) >= 11 is 0. The van der Waals surface area contributed by atoms with E-state index in [1.807, 2.05) is 0 Å². The second-order valence-corrected chi connectivity index (χ2v) is 4.39. The van der Waals surface area contributed by atoms with Gasteiger partial charge in [0.15, 0.2) is 5.78 Å². The number of Topliss-reactive ketones (excluding diaryl/α,β-unsaturated/α-hetero) is 1. The van der Waals surface area contributed by atoms with Gasteiger partial charge in [0.05, 0.1) is 7.11 Å². The number of rotatable bonds is 6. The van der Waals surface area contributed by atoms with Crippen LogP contribution in [-0.2, 0) is 4.79 Å². The summed E-state index contributed by atoms with van der Waals surface area (Å²) in [4.78, 5) is 25.1. The van der Waals surface area contributed by atoms with E-state index in [-0.39, 0.29) is 11.7 Å². The molecule has 0 atom stereocenters. The second kappa shape index (κ2) is 5.67. The Balaban J connectivity index is 1.81. The molecule has 4 nitrogen and oxygen atoms in total. The molecule has 1 amide bonds. The molecule has 0 saturated carbocycles. The molecule has 1 heterocycles. The monoisotopic (exact) mass is 247 g/mol. The normalized spacial score (nSPS) is 13.3. The number of hydrogen-bond donors (Lipinski definition) is 0. The van der Waals surface area contributed by atoms with Gasteiger partial charge in [-0.1, -0.05) is 12.1 Å². The van der Waals surface area contributed by atoms with Gasteiger partial charge < -0.3 is 9.64 Å². The molecule has 1 saturated heterocycles. The van der Waals surface area contributed by atoms with E-state index in [2.05, 4.69) is 0 Å². The van der Waals surface area contributed by atoms with Crippen LogP contribution in [-0.4, -0.2) is 36.8 Å². The number of hydrogen-bond acceptors (Lipinski definition) is 3. The van der Waals surface area contributed by atoms with Crippen LogP contribution in [0, 0.1) is 0 Å². The van der Waals surface area contributed by atoms with Crippen molar-refractivity contribution in [1.29, 1.82) is 0 Å². The van der Waals surface area contributed by atoms with Crippen LogP contribution in [0.5, 0.6) is 5.75 Å². The van der Waals surface area contributed by atoms with E-state index in [9.17, 15) is 9.59 Å². The van der Waals surface area contributed by atoms with E-state index >= 15 is 0 Å². The Labute approximate surface area is 107 Å². The van der Waals surface area contributed by atoms with Crippen LogP contribution in [0.3, 0.4) is 0 Å². The van der Waals surface area contributed by atoms with Crippen molar-refractivity contribution in [1.82, 2.24) is 4.90 Å². The first-order valence-electron chi connectivity index (χ1n) is 6.16. The van der Waals surface area contributed by atoms with Gasteiger partial charge in [-0.15, -0.1) is 0 Å². The molecular formula is C14H17NO3. The van der Waals surface area contributed by atoms with Gasteiger partial charge in [0.2, 0.25) is 5.91 Å². The maximum atomic E-state index is 11.9. The lowest BCUT2D eigenvalue weighted by Gasteiger charge is -2.04. The van der Waals surface area contributed by atoms with Crippen LogP contribution < -0.4 is 4.74 Å². The highest BCUT2D eigenvalue weighted by Gasteiger charge is 2.23. The van der Waals surface area contributed by atoms with E-state index in [1.165, 1.54) is 0 Å². The number of ketones is 1. The largest absolute Gasteiger partial charge is 0.497 e. The molecule has 1 aromatic rings. The first kappa shape index (κ1) is 12.6. The number of benzene rings is 1. The van der Waals surface area contributed by atoms with Gasteiger partial charge in [-0.2, -0.15) is 0 Å². The zero-order valence-corrected chi connectivity index (χ0v) is 10.5. The second-order valence-electron chi connectivity index (χ2n) is 4.39. The maximum Gasteiger partial charge on any atom is 0.222 e. The molecule has 4 heteroatoms. The lowest BCUT2D eigenvalue weighted by molar-refractivity contribution is -0.125. The molecule has 1 aliphatic rings. The predicted molar refractivity (Wildman–Crippen MR) is 67.8 cm³/mol. The summed E-state index contributed by atoms with van der Waals surface area (Å²) < 4.78 is 5.07. The fraction of sp³-hybridized carbons (Fsp3) is 0.429. The van der Waals surface area contributed by atoms with Crippen molar-refractivity contribution < 1.29 is 14.3 Å². The summed E-state index contributed by atoms with van der Waals surface area (Å²) in [6, 6.07) is 7.11. The van der Waals surface area contributed by atoms with Crippen LogP contribution in [0.15, 0.2) is 24.3 Å². The standard InChI is InChI=1S/C14H17NO3/c1-18-12-5-2-4-11(10-12)13(16)6-3-7-14(17)15-8-9-15/h2,4-5,10H,3,6-9H2,1H3. The zero-order chi connectivity index (χ0) is 13.0. The number of carbonyl (C=O) groups is 2. The van der Waals surface area contributed by atoms with Crippen LogP contribution in [0.25, 0.3) is 0 Å². The first-order valence-corrected chi connectivity index (χ1v) is 6.16. The predicted octanol–water partition coefficient (Wildman–Crippen LogP) is 1.89. The minimum absolute atomic E-state index is 0.0625. The number of amides is 1. The minimum Gasteiger partial charge on any atom is -0.497 e. The van der Waals surface area contributed by atoms with Crippen molar-refractivity contribution in [3.05, 3.63) is 29.8 Å². The molecule has 96 valence electrons. The van der Waals surface area contributed by atoms with Crippen molar-refractivity contribution in [2.24, 2.45) is 0 Å². The Bertz CT molecular complexity index is 452. The number of nitrogens with zero attached hydrogens (tertiary/aromatic N) is 1. The first-order chi connectivity index (χ1) is 8.70. The topological polar surface area (TPSA) is 46.4 Å². The summed E-state index contributed by atoms with van der Waals surface area (Å²) in [6.07, 6.45) is 1.49. The van der Waals surface area contributed by atoms with Crippen molar-refractivity contribution in [2.75, 3.05) is 20.2 Å². The van der Waals surface area contributed by atoms with Crippen molar-refractivity contribution in [2.45, 2.75) is 19.3 Å². The fourth-order valence-electron chi connectivity index (χ4n) is 1.80. The number of carbonyl (C=O) groups excluding carboxylic acids is 2. The average molecular weight is 247 g/mol. The molecule has 1 fully saturated rings. The molecule has 0 bridgehead atoms. The average Bonchev–Trinajstić information content (AvgIpc) is 3.23. The van der Waals surface area contributed by atoms with Gasteiger partial charge >= 0.3 is 0 Å². The minimum atomic E-state index is 0.0625. The third-order valence-corrected chi connectivity index (χ3v) is 2.99. The van der Waals surface area contributed by atoms with E-state index in [0.717, 1.165) is 13.1 Å². The van der Waals surface area contributed by atoms with E-state index < -0.39 is 0 Å². The van der Waals surface area contributed by atoms with Crippen LogP contribution in [0.2, 0.25) is 0 Å². The fourth-order valence-corrected chi connectivity index (χ4v) is 1.80. The van der Waals surface area contributed by atoms with Crippen LogP contribution in [0.1, 0.15) is 29.6 Å². The van der Waals surface area contributed by atoms with E-state index in [0.29, 0.717) is 30.6 Å². The summed E-state index contributed by atoms with van der Waals surface area (Å²) in [5.41, 5.74) is 0.647. The quantitative estimate of drug-likeness (QED) is 0.569. The summed E-state index contributed by atoms with van der Waals surface area (Å²) in [5, 5.41) is 0. The van der Waals surface area contributed by atoms with Gasteiger partial charge in [0.25, 0.3) is 0 Å². The summed E-state index contributed by atoms with van der Waals surface area (Å²) in [6.45, 7) is 1.76. The molecule has 0 spiro atoms. The molecule has 18 heavy (non-hydrogen) atoms. The molecule has 0 radical (unpaired) electrons. The molecular weight excluding hydrogens is 230 g/mol. The van der Waals surface area contributed by atoms with Gasteiger partial charge in [-0.05, 0) is 18.6 Å². The number of ether oxygens (including phenoxy) is 1. The molecule has 2 rings (SSSR count). The van der Waals surface area contributed by atoms with Crippen molar-refractivity contribution in [3.63, 3.8) is 0 Å². The molecule has 0 aliphatic carbocycles. The third kappa shape index (κ3) is 3.32. The van der Waals surface area contributed by atoms with Crippen molar-refractivity contribution in [3.8, 4) is 5.75 Å². The lowest BCUT2D eigenvalue weighted by atomic mass is 10.1. The Morgan fingerprint density at radius 1 is 1.28 bits per heavy atom. The summed E-state index contributed by atoms with van der Waals surface area (Å²) in [7, 11) is 1.58. The van der Waals surface area contributed by atoms with Crippen molar-refractivity contribution >= 4 is 11.7 Å². The number of methoxy groups -OCH3 is 1. The Morgan fingerprint density at radius 2 is 2.06 bits per heavy atom. The van der Waals surface area contributed by atoms with Crippen LogP contribution in [0.4, 0.5) is 0 Å². The third-order valence-electron chi connectivity index (χ3n) is 2.99. The van der Waals surface area contributed by atoms with Gasteiger partial charge in [0.1, 0.15) is 5.75 Å².